The van der Waals surface area contributed by atoms with Gasteiger partial charge in [0.05, 0.1) is 11.1 Å². The van der Waals surface area contributed by atoms with Crippen molar-refractivity contribution in [2.45, 2.75) is 39.3 Å². The second-order valence-corrected chi connectivity index (χ2v) is 8.43. The molecular weight excluding hydrogens is 406 g/mol. The standard InChI is InChI=1S/C24H31N5O3/c1-4-5-6-21-19-12-20(23(30)13-22(19)27-26-21)24(31)29-14-16-7-8-18(11-17(16)15-29)32-10-9-25-28(2)3/h7-8,11-13,25,30H,4-6,9-10,14-15H2,1-3H3,(H,26,27). The van der Waals surface area contributed by atoms with Crippen molar-refractivity contribution in [3.05, 3.63) is 52.7 Å². The van der Waals surface area contributed by atoms with Crippen molar-refractivity contribution in [1.29, 1.82) is 0 Å². The molecule has 0 saturated heterocycles. The number of hydrogen-bond acceptors (Lipinski definition) is 6. The van der Waals surface area contributed by atoms with Gasteiger partial charge in [-0.05, 0) is 42.2 Å². The summed E-state index contributed by atoms with van der Waals surface area (Å²) < 4.78 is 5.82. The number of nitrogens with one attached hydrogen (secondary N) is 2. The van der Waals surface area contributed by atoms with E-state index in [2.05, 4.69) is 22.5 Å². The fourth-order valence-corrected chi connectivity index (χ4v) is 4.03. The minimum absolute atomic E-state index is 0.0376. The van der Waals surface area contributed by atoms with E-state index in [1.165, 1.54) is 0 Å². The van der Waals surface area contributed by atoms with Crippen molar-refractivity contribution in [2.24, 2.45) is 0 Å². The smallest absolute Gasteiger partial charge is 0.258 e. The number of hydrogen-bond donors (Lipinski definition) is 3. The Labute approximate surface area is 188 Å². The Morgan fingerprint density at radius 1 is 1.25 bits per heavy atom. The van der Waals surface area contributed by atoms with Crippen molar-refractivity contribution in [3.8, 4) is 11.5 Å². The fourth-order valence-electron chi connectivity index (χ4n) is 4.03. The third-order valence-electron chi connectivity index (χ3n) is 5.75. The number of phenols is 1. The lowest BCUT2D eigenvalue weighted by Gasteiger charge is -2.16. The highest BCUT2D eigenvalue weighted by Gasteiger charge is 2.27. The number of H-pyrrole nitrogens is 1. The minimum Gasteiger partial charge on any atom is -0.507 e. The maximum atomic E-state index is 13.3. The number of amides is 1. The van der Waals surface area contributed by atoms with Crippen molar-refractivity contribution in [3.63, 3.8) is 0 Å². The topological polar surface area (TPSA) is 93.7 Å². The molecule has 0 bridgehead atoms. The third-order valence-corrected chi connectivity index (χ3v) is 5.75. The Morgan fingerprint density at radius 3 is 2.84 bits per heavy atom. The van der Waals surface area contributed by atoms with Crippen LogP contribution in [0.25, 0.3) is 10.9 Å². The lowest BCUT2D eigenvalue weighted by atomic mass is 10.1. The molecule has 170 valence electrons. The number of carbonyl (C=O) groups excluding carboxylic acids is 1. The Hall–Kier alpha value is -3.10. The van der Waals surface area contributed by atoms with Crippen LogP contribution in [-0.2, 0) is 19.5 Å². The van der Waals surface area contributed by atoms with E-state index in [1.807, 2.05) is 37.3 Å². The quantitative estimate of drug-likeness (QED) is 0.352. The van der Waals surface area contributed by atoms with Gasteiger partial charge < -0.3 is 14.7 Å². The molecule has 1 aliphatic rings. The molecule has 0 unspecified atom stereocenters. The van der Waals surface area contributed by atoms with Gasteiger partial charge in [0.25, 0.3) is 5.91 Å². The summed E-state index contributed by atoms with van der Waals surface area (Å²) in [4.78, 5) is 15.0. The highest BCUT2D eigenvalue weighted by Crippen LogP contribution is 2.32. The minimum atomic E-state index is -0.180. The molecule has 4 rings (SSSR count). The maximum absolute atomic E-state index is 13.3. The van der Waals surface area contributed by atoms with Gasteiger partial charge in [0.2, 0.25) is 0 Å². The van der Waals surface area contributed by atoms with E-state index in [0.717, 1.165) is 47.2 Å². The first kappa shape index (κ1) is 22.1. The molecule has 8 heteroatoms. The van der Waals surface area contributed by atoms with E-state index in [4.69, 9.17) is 4.74 Å². The van der Waals surface area contributed by atoms with Crippen molar-refractivity contribution < 1.29 is 14.6 Å². The molecule has 8 nitrogen and oxygen atoms in total. The van der Waals surface area contributed by atoms with Crippen molar-refractivity contribution >= 4 is 16.8 Å². The zero-order chi connectivity index (χ0) is 22.7. The number of aromatic amines is 1. The molecule has 0 aliphatic carbocycles. The van der Waals surface area contributed by atoms with Gasteiger partial charge in [-0.25, -0.2) is 0 Å². The van der Waals surface area contributed by atoms with Gasteiger partial charge in [0, 0.05) is 50.9 Å². The summed E-state index contributed by atoms with van der Waals surface area (Å²) in [5.74, 6) is 0.576. The maximum Gasteiger partial charge on any atom is 0.258 e. The van der Waals surface area contributed by atoms with Crippen LogP contribution in [0.5, 0.6) is 11.5 Å². The van der Waals surface area contributed by atoms with Crippen LogP contribution >= 0.6 is 0 Å². The number of aromatic hydroxyl groups is 1. The molecule has 0 atom stereocenters. The van der Waals surface area contributed by atoms with Crippen LogP contribution in [0.3, 0.4) is 0 Å². The lowest BCUT2D eigenvalue weighted by Crippen LogP contribution is -2.33. The summed E-state index contributed by atoms with van der Waals surface area (Å²) in [6.07, 6.45) is 2.99. The van der Waals surface area contributed by atoms with E-state index in [-0.39, 0.29) is 11.7 Å². The highest BCUT2D eigenvalue weighted by molar-refractivity contribution is 6.01. The second kappa shape index (κ2) is 9.58. The molecule has 1 aromatic heterocycles. The molecule has 3 N–H and O–H groups in total. The highest BCUT2D eigenvalue weighted by atomic mass is 16.5. The number of carbonyl (C=O) groups is 1. The van der Waals surface area contributed by atoms with Gasteiger partial charge in [-0.15, -0.1) is 0 Å². The predicted molar refractivity (Wildman–Crippen MR) is 124 cm³/mol. The number of aromatic nitrogens is 2. The first-order valence-electron chi connectivity index (χ1n) is 11.1. The van der Waals surface area contributed by atoms with Crippen LogP contribution in [0.2, 0.25) is 0 Å². The van der Waals surface area contributed by atoms with Gasteiger partial charge in [0.1, 0.15) is 18.1 Å². The molecule has 0 fully saturated rings. The van der Waals surface area contributed by atoms with E-state index in [1.54, 1.807) is 17.0 Å². The zero-order valence-corrected chi connectivity index (χ0v) is 18.9. The third kappa shape index (κ3) is 4.71. The molecule has 1 aliphatic heterocycles. The molecule has 0 spiro atoms. The molecule has 32 heavy (non-hydrogen) atoms. The van der Waals surface area contributed by atoms with Crippen molar-refractivity contribution in [1.82, 2.24) is 25.5 Å². The lowest BCUT2D eigenvalue weighted by molar-refractivity contribution is 0.0748. The van der Waals surface area contributed by atoms with E-state index < -0.39 is 0 Å². The first-order chi connectivity index (χ1) is 15.5. The normalized spacial score (nSPS) is 13.2. The average Bonchev–Trinajstić information content (AvgIpc) is 3.37. The number of hydrazine groups is 1. The van der Waals surface area contributed by atoms with Crippen LogP contribution in [-0.4, -0.2) is 58.4 Å². The second-order valence-electron chi connectivity index (χ2n) is 8.43. The number of ether oxygens (including phenoxy) is 1. The number of fused-ring (bicyclic) bond motifs is 2. The Bertz CT molecular complexity index is 1110. The SMILES string of the molecule is CCCCc1[nH]nc2cc(O)c(C(=O)N3Cc4ccc(OCCNN(C)C)cc4C3)cc12. The van der Waals surface area contributed by atoms with Crippen LogP contribution in [0.4, 0.5) is 0 Å². The summed E-state index contributed by atoms with van der Waals surface area (Å²) in [6.45, 7) is 4.42. The van der Waals surface area contributed by atoms with E-state index in [0.29, 0.717) is 37.3 Å². The van der Waals surface area contributed by atoms with Gasteiger partial charge in [-0.2, -0.15) is 5.10 Å². The monoisotopic (exact) mass is 437 g/mol. The Kier molecular flexibility index (Phi) is 6.62. The number of benzene rings is 2. The van der Waals surface area contributed by atoms with Crippen LogP contribution in [0.1, 0.15) is 46.9 Å². The van der Waals surface area contributed by atoms with Gasteiger partial charge in [-0.3, -0.25) is 20.3 Å². The number of nitrogens with zero attached hydrogens (tertiary/aromatic N) is 3. The van der Waals surface area contributed by atoms with Gasteiger partial charge in [0.15, 0.2) is 0 Å². The summed E-state index contributed by atoms with van der Waals surface area (Å²) in [6, 6.07) is 9.30. The molecule has 0 saturated carbocycles. The first-order valence-corrected chi connectivity index (χ1v) is 11.1. The summed E-state index contributed by atoms with van der Waals surface area (Å²) in [5, 5.41) is 20.6. The molecule has 2 aromatic carbocycles. The summed E-state index contributed by atoms with van der Waals surface area (Å²) in [5.41, 5.74) is 7.34. The molecule has 0 radical (unpaired) electrons. The predicted octanol–water partition coefficient (Wildman–Crippen LogP) is 3.21. The van der Waals surface area contributed by atoms with E-state index in [9.17, 15) is 9.90 Å². The van der Waals surface area contributed by atoms with Crippen LogP contribution < -0.4 is 10.2 Å². The molecule has 3 aromatic rings. The number of aryl methyl sites for hydroxylation is 1. The molecule has 2 heterocycles. The number of unbranched alkanes of at least 4 members (excludes halogenated alkanes) is 1. The van der Waals surface area contributed by atoms with E-state index >= 15 is 0 Å². The summed E-state index contributed by atoms with van der Waals surface area (Å²) >= 11 is 0. The van der Waals surface area contributed by atoms with Crippen molar-refractivity contribution in [2.75, 3.05) is 27.2 Å². The number of rotatable bonds is 9. The zero-order valence-electron chi connectivity index (χ0n) is 18.9. The number of phenolic OH excluding ortho intramolecular Hbond substituents is 1. The summed E-state index contributed by atoms with van der Waals surface area (Å²) in [7, 11) is 3.88. The molecule has 1 amide bonds. The Balaban J connectivity index is 1.47. The average molecular weight is 438 g/mol. The van der Waals surface area contributed by atoms with Gasteiger partial charge >= 0.3 is 0 Å². The van der Waals surface area contributed by atoms with Crippen LogP contribution in [0.15, 0.2) is 30.3 Å². The fraction of sp³-hybridized carbons (Fsp3) is 0.417. The van der Waals surface area contributed by atoms with Gasteiger partial charge in [-0.1, -0.05) is 19.4 Å². The molecular formula is C24H31N5O3. The Morgan fingerprint density at radius 2 is 2.06 bits per heavy atom. The largest absolute Gasteiger partial charge is 0.507 e. The van der Waals surface area contributed by atoms with Crippen LogP contribution in [0, 0.1) is 0 Å².